The third-order valence-electron chi connectivity index (χ3n) is 3.99. The van der Waals surface area contributed by atoms with E-state index in [0.717, 1.165) is 13.1 Å². The normalized spacial score (nSPS) is 20.2. The van der Waals surface area contributed by atoms with E-state index in [9.17, 15) is 14.4 Å². The van der Waals surface area contributed by atoms with Crippen LogP contribution in [0.15, 0.2) is 0 Å². The van der Waals surface area contributed by atoms with Gasteiger partial charge < -0.3 is 19.9 Å². The summed E-state index contributed by atoms with van der Waals surface area (Å²) in [6.45, 7) is 5.64. The van der Waals surface area contributed by atoms with Crippen LogP contribution in [0.25, 0.3) is 0 Å². The van der Waals surface area contributed by atoms with Crippen LogP contribution in [0, 0.1) is 5.92 Å². The molecule has 0 radical (unpaired) electrons. The van der Waals surface area contributed by atoms with Crippen LogP contribution in [0.4, 0.5) is 0 Å². The molecular weight excluding hydrogens is 274 g/mol. The zero-order valence-electron chi connectivity index (χ0n) is 12.5. The largest absolute Gasteiger partial charge is 0.466 e. The number of nitrogens with zero attached hydrogens (tertiary/aromatic N) is 2. The van der Waals surface area contributed by atoms with Crippen molar-refractivity contribution in [1.29, 1.82) is 0 Å². The first-order valence-electron chi connectivity index (χ1n) is 7.59. The van der Waals surface area contributed by atoms with Crippen LogP contribution in [0.2, 0.25) is 0 Å². The Bertz CT molecular complexity index is 399. The number of piperazine rings is 1. The van der Waals surface area contributed by atoms with E-state index < -0.39 is 11.8 Å². The highest BCUT2D eigenvalue weighted by Gasteiger charge is 2.32. The van der Waals surface area contributed by atoms with Gasteiger partial charge in [0.1, 0.15) is 0 Å². The molecular formula is C14H23N3O4. The van der Waals surface area contributed by atoms with Gasteiger partial charge >= 0.3 is 17.8 Å². The minimum absolute atomic E-state index is 0.150. The summed E-state index contributed by atoms with van der Waals surface area (Å²) < 4.78 is 5.00. The van der Waals surface area contributed by atoms with Gasteiger partial charge in [0.15, 0.2) is 0 Å². The lowest BCUT2D eigenvalue weighted by Gasteiger charge is -2.33. The van der Waals surface area contributed by atoms with Gasteiger partial charge in [0.2, 0.25) is 0 Å². The third kappa shape index (κ3) is 3.93. The van der Waals surface area contributed by atoms with Gasteiger partial charge in [-0.15, -0.1) is 0 Å². The van der Waals surface area contributed by atoms with Crippen molar-refractivity contribution in [3.8, 4) is 0 Å². The van der Waals surface area contributed by atoms with Gasteiger partial charge in [0.05, 0.1) is 12.5 Å². The number of hydrogen-bond acceptors (Lipinski definition) is 5. The number of nitrogens with one attached hydrogen (secondary N) is 1. The molecule has 2 fully saturated rings. The van der Waals surface area contributed by atoms with E-state index in [0.29, 0.717) is 45.6 Å². The van der Waals surface area contributed by atoms with E-state index in [1.54, 1.807) is 16.7 Å². The maximum Gasteiger partial charge on any atom is 0.312 e. The Morgan fingerprint density at radius 1 is 1.00 bits per heavy atom. The molecule has 0 unspecified atom stereocenters. The molecule has 0 aromatic heterocycles. The highest BCUT2D eigenvalue weighted by atomic mass is 16.5. The number of esters is 1. The van der Waals surface area contributed by atoms with Crippen molar-refractivity contribution in [2.75, 3.05) is 45.9 Å². The number of amides is 2. The average molecular weight is 297 g/mol. The summed E-state index contributed by atoms with van der Waals surface area (Å²) in [5.74, 6) is -1.22. The lowest BCUT2D eigenvalue weighted by Crippen LogP contribution is -2.53. The smallest absolute Gasteiger partial charge is 0.312 e. The summed E-state index contributed by atoms with van der Waals surface area (Å²) in [7, 11) is 0. The predicted molar refractivity (Wildman–Crippen MR) is 75.4 cm³/mol. The Kier molecular flexibility index (Phi) is 5.55. The van der Waals surface area contributed by atoms with Gasteiger partial charge in [-0.3, -0.25) is 14.4 Å². The van der Waals surface area contributed by atoms with Gasteiger partial charge in [0.25, 0.3) is 0 Å². The Hall–Kier alpha value is -1.63. The minimum atomic E-state index is -0.445. The van der Waals surface area contributed by atoms with Crippen LogP contribution < -0.4 is 5.32 Å². The molecule has 2 saturated heterocycles. The van der Waals surface area contributed by atoms with E-state index in [1.165, 1.54) is 0 Å². The maximum absolute atomic E-state index is 12.2. The van der Waals surface area contributed by atoms with Crippen molar-refractivity contribution in [3.05, 3.63) is 0 Å². The summed E-state index contributed by atoms with van der Waals surface area (Å²) in [6.07, 6.45) is 1.14. The molecule has 0 aliphatic carbocycles. The van der Waals surface area contributed by atoms with E-state index in [4.69, 9.17) is 4.74 Å². The lowest BCUT2D eigenvalue weighted by molar-refractivity contribution is -0.155. The number of rotatable bonds is 2. The monoisotopic (exact) mass is 297 g/mol. The van der Waals surface area contributed by atoms with Crippen molar-refractivity contribution in [2.45, 2.75) is 19.8 Å². The molecule has 0 aromatic carbocycles. The van der Waals surface area contributed by atoms with Crippen LogP contribution in [0.3, 0.4) is 0 Å². The lowest BCUT2D eigenvalue weighted by atomic mass is 9.97. The second-order valence-corrected chi connectivity index (χ2v) is 5.36. The Labute approximate surface area is 124 Å². The first-order valence-corrected chi connectivity index (χ1v) is 7.59. The summed E-state index contributed by atoms with van der Waals surface area (Å²) in [4.78, 5) is 39.1. The van der Waals surface area contributed by atoms with Crippen molar-refractivity contribution in [1.82, 2.24) is 15.1 Å². The molecule has 21 heavy (non-hydrogen) atoms. The number of piperidine rings is 1. The van der Waals surface area contributed by atoms with Crippen molar-refractivity contribution < 1.29 is 19.1 Å². The number of carbonyl (C=O) groups is 3. The summed E-state index contributed by atoms with van der Waals surface area (Å²) >= 11 is 0. The molecule has 118 valence electrons. The number of carbonyl (C=O) groups excluding carboxylic acids is 3. The predicted octanol–water partition coefficient (Wildman–Crippen LogP) is -0.780. The molecule has 7 heteroatoms. The van der Waals surface area contributed by atoms with Crippen LogP contribution in [0.1, 0.15) is 19.8 Å². The Balaban J connectivity index is 1.82. The standard InChI is InChI=1S/C14H23N3O4/c1-2-21-14(20)11-3-7-16(8-4-11)12(18)13(19)17-9-5-15-6-10-17/h11,15H,2-10H2,1H3. The summed E-state index contributed by atoms with van der Waals surface area (Å²) in [5, 5.41) is 3.15. The van der Waals surface area contributed by atoms with Crippen LogP contribution in [-0.2, 0) is 19.1 Å². The number of hydrogen-bond donors (Lipinski definition) is 1. The molecule has 7 nitrogen and oxygen atoms in total. The summed E-state index contributed by atoms with van der Waals surface area (Å²) in [6, 6.07) is 0. The SMILES string of the molecule is CCOC(=O)C1CCN(C(=O)C(=O)N2CCNCC2)CC1. The molecule has 2 amide bonds. The summed E-state index contributed by atoms with van der Waals surface area (Å²) in [5.41, 5.74) is 0. The zero-order chi connectivity index (χ0) is 15.2. The fourth-order valence-corrected chi connectivity index (χ4v) is 2.72. The van der Waals surface area contributed by atoms with Gasteiger partial charge in [-0.2, -0.15) is 0 Å². The van der Waals surface area contributed by atoms with E-state index in [2.05, 4.69) is 5.32 Å². The second kappa shape index (κ2) is 7.40. The highest BCUT2D eigenvalue weighted by molar-refractivity contribution is 6.34. The van der Waals surface area contributed by atoms with Crippen molar-refractivity contribution >= 4 is 17.8 Å². The minimum Gasteiger partial charge on any atom is -0.466 e. The molecule has 1 N–H and O–H groups in total. The third-order valence-corrected chi connectivity index (χ3v) is 3.99. The molecule has 2 aliphatic heterocycles. The second-order valence-electron chi connectivity index (χ2n) is 5.36. The van der Waals surface area contributed by atoms with Crippen molar-refractivity contribution in [3.63, 3.8) is 0 Å². The molecule has 2 aliphatic rings. The molecule has 0 bridgehead atoms. The number of ether oxygens (including phenoxy) is 1. The fraction of sp³-hybridized carbons (Fsp3) is 0.786. The van der Waals surface area contributed by atoms with Crippen LogP contribution >= 0.6 is 0 Å². The van der Waals surface area contributed by atoms with E-state index in [1.807, 2.05) is 0 Å². The molecule has 0 aromatic rings. The Morgan fingerprint density at radius 2 is 1.52 bits per heavy atom. The first-order chi connectivity index (χ1) is 10.1. The molecule has 0 saturated carbocycles. The molecule has 2 heterocycles. The Morgan fingerprint density at radius 3 is 2.05 bits per heavy atom. The molecule has 0 atom stereocenters. The van der Waals surface area contributed by atoms with Crippen LogP contribution in [-0.4, -0.2) is 73.5 Å². The fourth-order valence-electron chi connectivity index (χ4n) is 2.72. The van der Waals surface area contributed by atoms with Gasteiger partial charge in [0, 0.05) is 39.3 Å². The molecule has 2 rings (SSSR count). The van der Waals surface area contributed by atoms with E-state index >= 15 is 0 Å². The zero-order valence-corrected chi connectivity index (χ0v) is 12.5. The number of likely N-dealkylation sites (tertiary alicyclic amines) is 1. The van der Waals surface area contributed by atoms with Gasteiger partial charge in [-0.05, 0) is 19.8 Å². The maximum atomic E-state index is 12.2. The molecule has 0 spiro atoms. The average Bonchev–Trinajstić information content (AvgIpc) is 2.54. The topological polar surface area (TPSA) is 79.0 Å². The van der Waals surface area contributed by atoms with E-state index in [-0.39, 0.29) is 11.9 Å². The highest BCUT2D eigenvalue weighted by Crippen LogP contribution is 2.19. The van der Waals surface area contributed by atoms with Gasteiger partial charge in [-0.25, -0.2) is 0 Å². The first kappa shape index (κ1) is 15.8. The van der Waals surface area contributed by atoms with Gasteiger partial charge in [-0.1, -0.05) is 0 Å². The van der Waals surface area contributed by atoms with Crippen molar-refractivity contribution in [2.24, 2.45) is 5.92 Å². The quantitative estimate of drug-likeness (QED) is 0.534. The van der Waals surface area contributed by atoms with Crippen LogP contribution in [0.5, 0.6) is 0 Å².